The fourth-order valence-electron chi connectivity index (χ4n) is 1.29. The Morgan fingerprint density at radius 3 is 2.62 bits per heavy atom. The third-order valence-corrected chi connectivity index (χ3v) is 3.04. The molecule has 0 aliphatic heterocycles. The number of hydrogen-bond acceptors (Lipinski definition) is 3. The zero-order valence-electron chi connectivity index (χ0n) is 9.26. The molecule has 0 amide bonds. The normalized spacial score (nSPS) is 12.7. The van der Waals surface area contributed by atoms with Crippen LogP contribution in [0.25, 0.3) is 11.4 Å². The summed E-state index contributed by atoms with van der Waals surface area (Å²) < 4.78 is 1.05. The minimum atomic E-state index is 0.289. The van der Waals surface area contributed by atoms with E-state index in [1.54, 1.807) is 4.80 Å². The molecule has 0 fully saturated rings. The Kier molecular flexibility index (Phi) is 3.33. The highest BCUT2D eigenvalue weighted by Gasteiger charge is 2.09. The molecule has 0 aliphatic carbocycles. The number of rotatable bonds is 3. The molecule has 1 aromatic heterocycles. The summed E-state index contributed by atoms with van der Waals surface area (Å²) in [7, 11) is 0. The summed E-state index contributed by atoms with van der Waals surface area (Å²) in [5.74, 6) is 0.674. The lowest BCUT2D eigenvalue weighted by Crippen LogP contribution is -2.07. The van der Waals surface area contributed by atoms with E-state index in [1.807, 2.05) is 24.3 Å². The van der Waals surface area contributed by atoms with Gasteiger partial charge in [-0.05, 0) is 42.8 Å². The first-order valence-corrected chi connectivity index (χ1v) is 6.05. The minimum Gasteiger partial charge on any atom is -0.161 e. The summed E-state index contributed by atoms with van der Waals surface area (Å²) in [5.41, 5.74) is 0.984. The lowest BCUT2D eigenvalue weighted by atomic mass is 10.2. The van der Waals surface area contributed by atoms with E-state index in [0.29, 0.717) is 5.82 Å². The molecule has 5 heteroatoms. The van der Waals surface area contributed by atoms with Crippen LogP contribution in [0.5, 0.6) is 0 Å². The minimum absolute atomic E-state index is 0.289. The summed E-state index contributed by atoms with van der Waals surface area (Å²) in [4.78, 5) is 1.66. The predicted octanol–water partition coefficient (Wildman–Crippen LogP) is 3.07. The van der Waals surface area contributed by atoms with Crippen molar-refractivity contribution in [1.29, 1.82) is 0 Å². The van der Waals surface area contributed by atoms with Gasteiger partial charge < -0.3 is 0 Å². The highest BCUT2D eigenvalue weighted by Crippen LogP contribution is 2.18. The van der Waals surface area contributed by atoms with Crippen LogP contribution in [0.3, 0.4) is 0 Å². The maximum atomic E-state index is 4.36. The Morgan fingerprint density at radius 1 is 1.31 bits per heavy atom. The summed E-state index contributed by atoms with van der Waals surface area (Å²) in [5, 5.41) is 12.5. The number of halogens is 1. The standard InChI is InChI=1S/C11H13BrN4/c1-3-8(2)16-14-11(13-15-16)9-4-6-10(12)7-5-9/h4-8H,3H2,1-2H3. The van der Waals surface area contributed by atoms with Gasteiger partial charge in [-0.1, -0.05) is 22.9 Å². The Balaban J connectivity index is 2.28. The lowest BCUT2D eigenvalue weighted by molar-refractivity contribution is 0.414. The summed E-state index contributed by atoms with van der Waals surface area (Å²) in [6.07, 6.45) is 0.996. The predicted molar refractivity (Wildman–Crippen MR) is 66.0 cm³/mol. The molecule has 1 heterocycles. The van der Waals surface area contributed by atoms with Crippen molar-refractivity contribution in [1.82, 2.24) is 20.2 Å². The van der Waals surface area contributed by atoms with Gasteiger partial charge in [-0.2, -0.15) is 4.80 Å². The number of benzene rings is 1. The Morgan fingerprint density at radius 2 is 2.00 bits per heavy atom. The molecular formula is C11H13BrN4. The Bertz CT molecular complexity index is 463. The number of hydrogen-bond donors (Lipinski definition) is 0. The summed E-state index contributed by atoms with van der Waals surface area (Å²) in [6.45, 7) is 4.18. The zero-order valence-corrected chi connectivity index (χ0v) is 10.8. The average molecular weight is 281 g/mol. The second-order valence-electron chi connectivity index (χ2n) is 3.70. The molecular weight excluding hydrogens is 268 g/mol. The fourth-order valence-corrected chi connectivity index (χ4v) is 1.55. The van der Waals surface area contributed by atoms with E-state index in [-0.39, 0.29) is 6.04 Å². The molecule has 2 aromatic rings. The topological polar surface area (TPSA) is 43.6 Å². The monoisotopic (exact) mass is 280 g/mol. The van der Waals surface area contributed by atoms with Gasteiger partial charge in [0, 0.05) is 10.0 Å². The number of tetrazole rings is 1. The Hall–Kier alpha value is -1.23. The second-order valence-corrected chi connectivity index (χ2v) is 4.61. The van der Waals surface area contributed by atoms with Gasteiger partial charge in [-0.15, -0.1) is 10.2 Å². The van der Waals surface area contributed by atoms with E-state index < -0.39 is 0 Å². The summed E-state index contributed by atoms with van der Waals surface area (Å²) >= 11 is 3.40. The second kappa shape index (κ2) is 4.74. The van der Waals surface area contributed by atoms with Crippen LogP contribution < -0.4 is 0 Å². The molecule has 2 rings (SSSR count). The van der Waals surface area contributed by atoms with Crippen LogP contribution in [-0.4, -0.2) is 20.2 Å². The van der Waals surface area contributed by atoms with Gasteiger partial charge >= 0.3 is 0 Å². The molecule has 4 nitrogen and oxygen atoms in total. The highest BCUT2D eigenvalue weighted by molar-refractivity contribution is 9.10. The molecule has 0 spiro atoms. The molecule has 84 valence electrons. The van der Waals surface area contributed by atoms with Crippen molar-refractivity contribution in [3.63, 3.8) is 0 Å². The van der Waals surface area contributed by atoms with E-state index >= 15 is 0 Å². The van der Waals surface area contributed by atoms with Crippen LogP contribution in [0, 0.1) is 0 Å². The highest BCUT2D eigenvalue weighted by atomic mass is 79.9. The quantitative estimate of drug-likeness (QED) is 0.868. The van der Waals surface area contributed by atoms with Gasteiger partial charge in [-0.25, -0.2) is 0 Å². The van der Waals surface area contributed by atoms with Gasteiger partial charge in [0.25, 0.3) is 0 Å². The number of nitrogens with zero attached hydrogens (tertiary/aromatic N) is 4. The maximum Gasteiger partial charge on any atom is 0.204 e. The van der Waals surface area contributed by atoms with Gasteiger partial charge in [0.1, 0.15) is 0 Å². The van der Waals surface area contributed by atoms with E-state index in [2.05, 4.69) is 45.2 Å². The van der Waals surface area contributed by atoms with E-state index in [4.69, 9.17) is 0 Å². The van der Waals surface area contributed by atoms with Crippen molar-refractivity contribution in [2.24, 2.45) is 0 Å². The van der Waals surface area contributed by atoms with E-state index in [9.17, 15) is 0 Å². The molecule has 1 atom stereocenters. The van der Waals surface area contributed by atoms with Crippen molar-refractivity contribution in [3.8, 4) is 11.4 Å². The third kappa shape index (κ3) is 2.29. The van der Waals surface area contributed by atoms with Crippen molar-refractivity contribution < 1.29 is 0 Å². The molecule has 0 radical (unpaired) electrons. The SMILES string of the molecule is CCC(C)n1nnc(-c2ccc(Br)cc2)n1. The molecule has 1 aromatic carbocycles. The summed E-state index contributed by atoms with van der Waals surface area (Å²) in [6, 6.07) is 8.18. The Labute approximate surface area is 103 Å². The van der Waals surface area contributed by atoms with E-state index in [1.165, 1.54) is 0 Å². The van der Waals surface area contributed by atoms with Crippen LogP contribution in [0.4, 0.5) is 0 Å². The largest absolute Gasteiger partial charge is 0.204 e. The van der Waals surface area contributed by atoms with Crippen LogP contribution in [-0.2, 0) is 0 Å². The fraction of sp³-hybridized carbons (Fsp3) is 0.364. The van der Waals surface area contributed by atoms with Crippen molar-refractivity contribution in [2.75, 3.05) is 0 Å². The molecule has 0 aliphatic rings. The zero-order chi connectivity index (χ0) is 11.5. The number of aromatic nitrogens is 4. The third-order valence-electron chi connectivity index (χ3n) is 2.52. The van der Waals surface area contributed by atoms with Gasteiger partial charge in [-0.3, -0.25) is 0 Å². The van der Waals surface area contributed by atoms with Crippen LogP contribution in [0.1, 0.15) is 26.3 Å². The van der Waals surface area contributed by atoms with Crippen molar-refractivity contribution >= 4 is 15.9 Å². The van der Waals surface area contributed by atoms with Crippen LogP contribution in [0.15, 0.2) is 28.7 Å². The van der Waals surface area contributed by atoms with E-state index in [0.717, 1.165) is 16.5 Å². The molecule has 1 unspecified atom stereocenters. The first kappa shape index (κ1) is 11.3. The van der Waals surface area contributed by atoms with Crippen LogP contribution in [0.2, 0.25) is 0 Å². The molecule has 0 N–H and O–H groups in total. The van der Waals surface area contributed by atoms with Crippen molar-refractivity contribution in [2.45, 2.75) is 26.3 Å². The maximum absolute atomic E-state index is 4.36. The molecule has 0 saturated carbocycles. The smallest absolute Gasteiger partial charge is 0.161 e. The molecule has 0 saturated heterocycles. The molecule has 0 bridgehead atoms. The lowest BCUT2D eigenvalue weighted by Gasteiger charge is -2.04. The molecule has 16 heavy (non-hydrogen) atoms. The van der Waals surface area contributed by atoms with Crippen LogP contribution >= 0.6 is 15.9 Å². The van der Waals surface area contributed by atoms with Gasteiger partial charge in [0.15, 0.2) is 0 Å². The van der Waals surface area contributed by atoms with Crippen molar-refractivity contribution in [3.05, 3.63) is 28.7 Å². The van der Waals surface area contributed by atoms with Gasteiger partial charge in [0.2, 0.25) is 5.82 Å². The first-order valence-electron chi connectivity index (χ1n) is 5.26. The average Bonchev–Trinajstić information content (AvgIpc) is 2.78. The van der Waals surface area contributed by atoms with Gasteiger partial charge in [0.05, 0.1) is 6.04 Å². The first-order chi connectivity index (χ1) is 7.70.